The molecule has 0 heterocycles. The van der Waals surface area contributed by atoms with E-state index in [9.17, 15) is 0 Å². The van der Waals surface area contributed by atoms with Gasteiger partial charge in [-0.3, -0.25) is 0 Å². The van der Waals surface area contributed by atoms with E-state index in [1.165, 1.54) is 0 Å². The van der Waals surface area contributed by atoms with E-state index in [-0.39, 0.29) is 0 Å². The van der Waals surface area contributed by atoms with Gasteiger partial charge >= 0.3 is 0 Å². The third kappa shape index (κ3) is 3.09. The summed E-state index contributed by atoms with van der Waals surface area (Å²) in [7, 11) is 0. The quantitative estimate of drug-likeness (QED) is 0.813. The van der Waals surface area contributed by atoms with Crippen LogP contribution in [-0.4, -0.2) is 0 Å². The number of benzene rings is 2. The smallest absolute Gasteiger partial charge is 0.0640 e. The lowest BCUT2D eigenvalue weighted by Crippen LogP contribution is -2.00. The third-order valence-corrected chi connectivity index (χ3v) is 3.31. The minimum atomic E-state index is 0.573. The number of hydrogen-bond donors (Lipinski definition) is 2. The Balaban J connectivity index is 2.09. The zero-order valence-corrected chi connectivity index (χ0v) is 11.5. The van der Waals surface area contributed by atoms with Crippen LogP contribution in [0, 0.1) is 6.92 Å². The Morgan fingerprint density at radius 3 is 2.50 bits per heavy atom. The normalized spacial score (nSPS) is 10.4. The molecule has 2 aromatic rings. The summed E-state index contributed by atoms with van der Waals surface area (Å²) in [6.45, 7) is 2.66. The van der Waals surface area contributed by atoms with Gasteiger partial charge in [0.25, 0.3) is 0 Å². The Kier molecular flexibility index (Phi) is 4.00. The lowest BCUT2D eigenvalue weighted by atomic mass is 10.2. The first-order chi connectivity index (χ1) is 8.56. The molecule has 0 unspecified atom stereocenters. The average molecular weight is 281 g/mol. The maximum absolute atomic E-state index is 6.14. The molecule has 0 aliphatic rings. The molecule has 0 saturated carbocycles. The van der Waals surface area contributed by atoms with Crippen molar-refractivity contribution in [3.63, 3.8) is 0 Å². The summed E-state index contributed by atoms with van der Waals surface area (Å²) in [5.74, 6) is 0. The fraction of sp³-hybridized carbons (Fsp3) is 0.143. The van der Waals surface area contributed by atoms with Crippen molar-refractivity contribution >= 4 is 34.6 Å². The predicted molar refractivity (Wildman–Crippen MR) is 79.4 cm³/mol. The second kappa shape index (κ2) is 5.51. The fourth-order valence-corrected chi connectivity index (χ4v) is 2.15. The first-order valence-electron chi connectivity index (χ1n) is 5.60. The Labute approximate surface area is 117 Å². The Morgan fingerprint density at radius 1 is 1.06 bits per heavy atom. The molecule has 0 saturated heterocycles. The molecule has 2 aromatic carbocycles. The van der Waals surface area contributed by atoms with Crippen LogP contribution in [-0.2, 0) is 6.54 Å². The van der Waals surface area contributed by atoms with Crippen molar-refractivity contribution in [2.45, 2.75) is 13.5 Å². The molecule has 2 rings (SSSR count). The van der Waals surface area contributed by atoms with E-state index < -0.39 is 0 Å². The molecule has 0 fully saturated rings. The van der Waals surface area contributed by atoms with E-state index in [1.807, 2.05) is 37.3 Å². The second-order valence-electron chi connectivity index (χ2n) is 4.19. The Bertz CT molecular complexity index is 568. The zero-order chi connectivity index (χ0) is 13.1. The van der Waals surface area contributed by atoms with Crippen molar-refractivity contribution in [2.75, 3.05) is 11.1 Å². The first kappa shape index (κ1) is 13.1. The molecule has 0 amide bonds. The molecule has 0 aliphatic carbocycles. The highest BCUT2D eigenvalue weighted by Crippen LogP contribution is 2.24. The average Bonchev–Trinajstić information content (AvgIpc) is 2.32. The number of nitrogen functional groups attached to an aromatic ring is 1. The highest BCUT2D eigenvalue weighted by Gasteiger charge is 2.02. The van der Waals surface area contributed by atoms with Crippen LogP contribution in [0.5, 0.6) is 0 Å². The van der Waals surface area contributed by atoms with E-state index in [0.29, 0.717) is 17.3 Å². The topological polar surface area (TPSA) is 38.0 Å². The van der Waals surface area contributed by atoms with Gasteiger partial charge in [0.1, 0.15) is 0 Å². The number of anilines is 2. The number of nitrogens with one attached hydrogen (secondary N) is 1. The van der Waals surface area contributed by atoms with Crippen molar-refractivity contribution < 1.29 is 0 Å². The number of rotatable bonds is 3. The van der Waals surface area contributed by atoms with Gasteiger partial charge in [0, 0.05) is 6.54 Å². The molecule has 0 bridgehead atoms. The van der Waals surface area contributed by atoms with Crippen molar-refractivity contribution in [1.82, 2.24) is 0 Å². The summed E-state index contributed by atoms with van der Waals surface area (Å²) in [6.07, 6.45) is 0. The van der Waals surface area contributed by atoms with E-state index in [4.69, 9.17) is 28.9 Å². The van der Waals surface area contributed by atoms with Crippen molar-refractivity contribution in [2.24, 2.45) is 0 Å². The van der Waals surface area contributed by atoms with Gasteiger partial charge in [0.2, 0.25) is 0 Å². The minimum absolute atomic E-state index is 0.573. The molecule has 94 valence electrons. The summed E-state index contributed by atoms with van der Waals surface area (Å²) in [5, 5.41) is 4.56. The molecule has 18 heavy (non-hydrogen) atoms. The third-order valence-electron chi connectivity index (χ3n) is 2.67. The van der Waals surface area contributed by atoms with Gasteiger partial charge < -0.3 is 11.1 Å². The molecule has 0 aromatic heterocycles. The van der Waals surface area contributed by atoms with Crippen LogP contribution in [0.25, 0.3) is 0 Å². The summed E-state index contributed by atoms with van der Waals surface area (Å²) in [6, 6.07) is 11.5. The zero-order valence-electron chi connectivity index (χ0n) is 10.0. The van der Waals surface area contributed by atoms with Crippen LogP contribution in [0.1, 0.15) is 11.1 Å². The standard InChI is InChI=1S/C14H14Cl2N2/c1-9-2-5-14(12(16)6-9)18-8-10-3-4-13(17)11(15)7-10/h2-7,18H,8,17H2,1H3. The monoisotopic (exact) mass is 280 g/mol. The number of halogens is 2. The molecule has 3 N–H and O–H groups in total. The van der Waals surface area contributed by atoms with Gasteiger partial charge in [-0.1, -0.05) is 35.3 Å². The second-order valence-corrected chi connectivity index (χ2v) is 5.01. The minimum Gasteiger partial charge on any atom is -0.398 e. The molecule has 4 heteroatoms. The van der Waals surface area contributed by atoms with Gasteiger partial charge in [-0.15, -0.1) is 0 Å². The van der Waals surface area contributed by atoms with Crippen LogP contribution in [0.2, 0.25) is 10.0 Å². The van der Waals surface area contributed by atoms with Crippen LogP contribution < -0.4 is 11.1 Å². The summed E-state index contributed by atoms with van der Waals surface area (Å²) >= 11 is 12.1. The number of nitrogens with two attached hydrogens (primary N) is 1. The van der Waals surface area contributed by atoms with E-state index >= 15 is 0 Å². The fourth-order valence-electron chi connectivity index (χ4n) is 1.64. The summed E-state index contributed by atoms with van der Waals surface area (Å²) in [4.78, 5) is 0. The maximum atomic E-state index is 6.14. The predicted octanol–water partition coefficient (Wildman–Crippen LogP) is 4.50. The Morgan fingerprint density at radius 2 is 1.83 bits per heavy atom. The van der Waals surface area contributed by atoms with E-state index in [1.54, 1.807) is 6.07 Å². The summed E-state index contributed by atoms with van der Waals surface area (Å²) < 4.78 is 0. The molecule has 2 nitrogen and oxygen atoms in total. The molecular formula is C14H14Cl2N2. The lowest BCUT2D eigenvalue weighted by molar-refractivity contribution is 1.15. The van der Waals surface area contributed by atoms with Crippen molar-refractivity contribution in [1.29, 1.82) is 0 Å². The number of hydrogen-bond acceptors (Lipinski definition) is 2. The van der Waals surface area contributed by atoms with Gasteiger partial charge in [-0.05, 0) is 42.3 Å². The highest BCUT2D eigenvalue weighted by molar-refractivity contribution is 6.33. The molecule has 0 aliphatic heterocycles. The van der Waals surface area contributed by atoms with Crippen LogP contribution in [0.15, 0.2) is 36.4 Å². The molecule has 0 spiro atoms. The Hall–Kier alpha value is -1.38. The van der Waals surface area contributed by atoms with Gasteiger partial charge in [0.15, 0.2) is 0 Å². The highest BCUT2D eigenvalue weighted by atomic mass is 35.5. The van der Waals surface area contributed by atoms with Crippen LogP contribution in [0.4, 0.5) is 11.4 Å². The van der Waals surface area contributed by atoms with E-state index in [0.717, 1.165) is 21.8 Å². The van der Waals surface area contributed by atoms with Gasteiger partial charge in [-0.2, -0.15) is 0 Å². The largest absolute Gasteiger partial charge is 0.398 e. The van der Waals surface area contributed by atoms with E-state index in [2.05, 4.69) is 5.32 Å². The maximum Gasteiger partial charge on any atom is 0.0640 e. The van der Waals surface area contributed by atoms with Crippen molar-refractivity contribution in [3.8, 4) is 0 Å². The SMILES string of the molecule is Cc1ccc(NCc2ccc(N)c(Cl)c2)c(Cl)c1. The first-order valence-corrected chi connectivity index (χ1v) is 6.36. The molecular weight excluding hydrogens is 267 g/mol. The van der Waals surface area contributed by atoms with Gasteiger partial charge in [0.05, 0.1) is 21.4 Å². The lowest BCUT2D eigenvalue weighted by Gasteiger charge is -2.10. The van der Waals surface area contributed by atoms with Crippen LogP contribution >= 0.6 is 23.2 Å². The van der Waals surface area contributed by atoms with Crippen LogP contribution in [0.3, 0.4) is 0 Å². The molecule has 0 atom stereocenters. The van der Waals surface area contributed by atoms with Crippen molar-refractivity contribution in [3.05, 3.63) is 57.6 Å². The summed E-state index contributed by atoms with van der Waals surface area (Å²) in [5.41, 5.74) is 9.37. The van der Waals surface area contributed by atoms with Gasteiger partial charge in [-0.25, -0.2) is 0 Å². The molecule has 0 radical (unpaired) electrons. The number of aryl methyl sites for hydroxylation is 1.